The Morgan fingerprint density at radius 2 is 2.24 bits per heavy atom. The van der Waals surface area contributed by atoms with E-state index in [-0.39, 0.29) is 5.91 Å². The number of aryl methyl sites for hydroxylation is 2. The van der Waals surface area contributed by atoms with Crippen molar-refractivity contribution < 1.29 is 9.32 Å². The zero-order chi connectivity index (χ0) is 15.4. The highest BCUT2D eigenvalue weighted by molar-refractivity contribution is 5.89. The van der Waals surface area contributed by atoms with Crippen LogP contribution >= 0.6 is 0 Å². The van der Waals surface area contributed by atoms with Crippen molar-refractivity contribution in [1.29, 1.82) is 0 Å². The van der Waals surface area contributed by atoms with Crippen LogP contribution in [0.15, 0.2) is 23.2 Å². The number of anilines is 1. The second-order valence-electron chi connectivity index (χ2n) is 4.99. The van der Waals surface area contributed by atoms with E-state index in [2.05, 4.69) is 22.2 Å². The molecule has 1 N–H and O–H groups in total. The summed E-state index contributed by atoms with van der Waals surface area (Å²) in [6.07, 6.45) is 2.84. The van der Waals surface area contributed by atoms with E-state index in [1.807, 2.05) is 24.6 Å². The summed E-state index contributed by atoms with van der Waals surface area (Å²) in [6.45, 7) is 10.1. The quantitative estimate of drug-likeness (QED) is 0.829. The third kappa shape index (κ3) is 3.59. The van der Waals surface area contributed by atoms with Gasteiger partial charge < -0.3 is 9.84 Å². The highest BCUT2D eigenvalue weighted by Crippen LogP contribution is 2.16. The zero-order valence-electron chi connectivity index (χ0n) is 12.6. The Balaban J connectivity index is 1.96. The summed E-state index contributed by atoms with van der Waals surface area (Å²) in [5.74, 6) is 1.04. The Labute approximate surface area is 123 Å². The summed E-state index contributed by atoms with van der Waals surface area (Å²) >= 11 is 0. The molecule has 112 valence electrons. The first kappa shape index (κ1) is 15.0. The molecule has 0 fully saturated rings. The standard InChI is InChI=1S/C15H20N4O2/c1-5-8-19-12(4)13(11(3)17-19)6-7-15(20)16-14-9-10(2)21-18-14/h5,9H,1,6-8H2,2-4H3,(H,16,18,20). The monoisotopic (exact) mass is 288 g/mol. The van der Waals surface area contributed by atoms with E-state index in [0.29, 0.717) is 31.0 Å². The number of carbonyl (C=O) groups excluding carboxylic acids is 1. The number of amides is 1. The van der Waals surface area contributed by atoms with Gasteiger partial charge in [-0.05, 0) is 32.8 Å². The predicted octanol–water partition coefficient (Wildman–Crippen LogP) is 2.55. The molecule has 0 aliphatic carbocycles. The first-order valence-corrected chi connectivity index (χ1v) is 6.88. The van der Waals surface area contributed by atoms with Crippen LogP contribution in [0.5, 0.6) is 0 Å². The molecule has 2 rings (SSSR count). The number of hydrogen-bond acceptors (Lipinski definition) is 4. The maximum Gasteiger partial charge on any atom is 0.225 e. The molecule has 0 bridgehead atoms. The van der Waals surface area contributed by atoms with Gasteiger partial charge in [-0.3, -0.25) is 9.48 Å². The predicted molar refractivity (Wildman–Crippen MR) is 80.1 cm³/mol. The van der Waals surface area contributed by atoms with Gasteiger partial charge in [-0.1, -0.05) is 11.2 Å². The molecule has 21 heavy (non-hydrogen) atoms. The topological polar surface area (TPSA) is 73.0 Å². The number of nitrogens with zero attached hydrogens (tertiary/aromatic N) is 3. The Morgan fingerprint density at radius 3 is 2.86 bits per heavy atom. The van der Waals surface area contributed by atoms with Crippen molar-refractivity contribution >= 4 is 11.7 Å². The molecule has 2 heterocycles. The van der Waals surface area contributed by atoms with Crippen LogP contribution in [0.2, 0.25) is 0 Å². The van der Waals surface area contributed by atoms with E-state index in [4.69, 9.17) is 4.52 Å². The summed E-state index contributed by atoms with van der Waals surface area (Å²) in [6, 6.07) is 1.69. The molecule has 1 amide bonds. The summed E-state index contributed by atoms with van der Waals surface area (Å²) in [5, 5.41) is 10.9. The van der Waals surface area contributed by atoms with E-state index >= 15 is 0 Å². The third-order valence-electron chi connectivity index (χ3n) is 3.33. The number of hydrogen-bond donors (Lipinski definition) is 1. The molecular formula is C15H20N4O2. The molecule has 0 saturated heterocycles. The van der Waals surface area contributed by atoms with Crippen molar-refractivity contribution in [2.24, 2.45) is 0 Å². The molecule has 0 radical (unpaired) electrons. The molecular weight excluding hydrogens is 268 g/mol. The minimum Gasteiger partial charge on any atom is -0.360 e. The van der Waals surface area contributed by atoms with E-state index < -0.39 is 0 Å². The minimum atomic E-state index is -0.0847. The van der Waals surface area contributed by atoms with Gasteiger partial charge in [-0.25, -0.2) is 0 Å². The molecule has 0 spiro atoms. The van der Waals surface area contributed by atoms with Gasteiger partial charge in [-0.15, -0.1) is 6.58 Å². The minimum absolute atomic E-state index is 0.0847. The molecule has 0 aromatic carbocycles. The smallest absolute Gasteiger partial charge is 0.225 e. The molecule has 6 heteroatoms. The lowest BCUT2D eigenvalue weighted by Crippen LogP contribution is -2.13. The van der Waals surface area contributed by atoms with E-state index in [0.717, 1.165) is 17.0 Å². The lowest BCUT2D eigenvalue weighted by atomic mass is 10.1. The van der Waals surface area contributed by atoms with Crippen LogP contribution in [0.1, 0.15) is 29.1 Å². The fourth-order valence-electron chi connectivity index (χ4n) is 2.27. The highest BCUT2D eigenvalue weighted by atomic mass is 16.5. The molecule has 0 aliphatic heterocycles. The number of rotatable bonds is 6. The largest absolute Gasteiger partial charge is 0.360 e. The van der Waals surface area contributed by atoms with Gasteiger partial charge in [0.05, 0.1) is 12.2 Å². The van der Waals surface area contributed by atoms with Crippen LogP contribution in [-0.2, 0) is 17.8 Å². The SMILES string of the molecule is C=CCn1nc(C)c(CCC(=O)Nc2cc(C)on2)c1C. The number of carbonyl (C=O) groups is 1. The number of allylic oxidation sites excluding steroid dienone is 1. The summed E-state index contributed by atoms with van der Waals surface area (Å²) in [4.78, 5) is 11.9. The third-order valence-corrected chi connectivity index (χ3v) is 3.33. The van der Waals surface area contributed by atoms with Crippen LogP contribution in [0.3, 0.4) is 0 Å². The normalized spacial score (nSPS) is 10.6. The molecule has 0 atom stereocenters. The number of nitrogens with one attached hydrogen (secondary N) is 1. The van der Waals surface area contributed by atoms with Gasteiger partial charge in [0.25, 0.3) is 0 Å². The maximum absolute atomic E-state index is 11.9. The van der Waals surface area contributed by atoms with Crippen LogP contribution in [0.25, 0.3) is 0 Å². The Hall–Kier alpha value is -2.37. The average Bonchev–Trinajstić information content (AvgIpc) is 2.93. The Morgan fingerprint density at radius 1 is 1.48 bits per heavy atom. The first-order chi connectivity index (χ1) is 10.0. The van der Waals surface area contributed by atoms with Crippen molar-refractivity contribution in [3.8, 4) is 0 Å². The lowest BCUT2D eigenvalue weighted by molar-refractivity contribution is -0.116. The first-order valence-electron chi connectivity index (χ1n) is 6.88. The van der Waals surface area contributed by atoms with Crippen molar-refractivity contribution in [3.05, 3.63) is 41.4 Å². The van der Waals surface area contributed by atoms with Gasteiger partial charge in [-0.2, -0.15) is 5.10 Å². The van der Waals surface area contributed by atoms with Gasteiger partial charge in [0.2, 0.25) is 5.91 Å². The molecule has 0 aliphatic rings. The van der Waals surface area contributed by atoms with Gasteiger partial charge in [0.15, 0.2) is 5.82 Å². The van der Waals surface area contributed by atoms with Gasteiger partial charge in [0.1, 0.15) is 5.76 Å². The van der Waals surface area contributed by atoms with Crippen molar-refractivity contribution in [3.63, 3.8) is 0 Å². The zero-order valence-corrected chi connectivity index (χ0v) is 12.6. The fraction of sp³-hybridized carbons (Fsp3) is 0.400. The molecule has 0 unspecified atom stereocenters. The van der Waals surface area contributed by atoms with Crippen molar-refractivity contribution in [2.75, 3.05) is 5.32 Å². The van der Waals surface area contributed by atoms with E-state index in [1.165, 1.54) is 0 Å². The van der Waals surface area contributed by atoms with Gasteiger partial charge in [0, 0.05) is 18.2 Å². The molecule has 2 aromatic heterocycles. The van der Waals surface area contributed by atoms with Crippen LogP contribution in [0, 0.1) is 20.8 Å². The van der Waals surface area contributed by atoms with Gasteiger partial charge >= 0.3 is 0 Å². The summed E-state index contributed by atoms with van der Waals surface area (Å²) in [7, 11) is 0. The van der Waals surface area contributed by atoms with Crippen molar-refractivity contribution in [1.82, 2.24) is 14.9 Å². The van der Waals surface area contributed by atoms with Crippen molar-refractivity contribution in [2.45, 2.75) is 40.2 Å². The lowest BCUT2D eigenvalue weighted by Gasteiger charge is -2.03. The molecule has 6 nitrogen and oxygen atoms in total. The second kappa shape index (κ2) is 6.39. The van der Waals surface area contributed by atoms with E-state index in [1.54, 1.807) is 13.0 Å². The van der Waals surface area contributed by atoms with Crippen LogP contribution in [-0.4, -0.2) is 20.8 Å². The molecule has 0 saturated carbocycles. The summed E-state index contributed by atoms with van der Waals surface area (Å²) in [5.41, 5.74) is 3.15. The maximum atomic E-state index is 11.9. The van der Waals surface area contributed by atoms with E-state index in [9.17, 15) is 4.79 Å². The number of aromatic nitrogens is 3. The highest BCUT2D eigenvalue weighted by Gasteiger charge is 2.13. The van der Waals surface area contributed by atoms with Crippen LogP contribution < -0.4 is 5.32 Å². The van der Waals surface area contributed by atoms with Crippen LogP contribution in [0.4, 0.5) is 5.82 Å². The Bertz CT molecular complexity index is 655. The second-order valence-corrected chi connectivity index (χ2v) is 4.99. The average molecular weight is 288 g/mol. The Kier molecular flexibility index (Phi) is 4.57. The molecule has 2 aromatic rings. The summed E-state index contributed by atoms with van der Waals surface area (Å²) < 4.78 is 6.81. The fourth-order valence-corrected chi connectivity index (χ4v) is 2.27.